The van der Waals surface area contributed by atoms with Crippen molar-refractivity contribution in [3.05, 3.63) is 65.2 Å². The summed E-state index contributed by atoms with van der Waals surface area (Å²) >= 11 is 0. The van der Waals surface area contributed by atoms with Gasteiger partial charge in [0.1, 0.15) is 11.3 Å². The number of alkyl halides is 3. The fourth-order valence-corrected chi connectivity index (χ4v) is 3.84. The van der Waals surface area contributed by atoms with E-state index in [4.69, 9.17) is 13.9 Å². The Morgan fingerprint density at radius 3 is 2.18 bits per heavy atom. The van der Waals surface area contributed by atoms with Crippen molar-refractivity contribution >= 4 is 16.9 Å². The first-order chi connectivity index (χ1) is 18.6. The summed E-state index contributed by atoms with van der Waals surface area (Å²) in [7, 11) is 0. The smallest absolute Gasteiger partial charge is 0.478 e. The Bertz CT molecular complexity index is 1300. The summed E-state index contributed by atoms with van der Waals surface area (Å²) in [6.45, 7) is 6.11. The van der Waals surface area contributed by atoms with E-state index in [0.29, 0.717) is 41.2 Å². The topological polar surface area (TPSA) is 87.9 Å². The Balaban J connectivity index is 1.37. The summed E-state index contributed by atoms with van der Waals surface area (Å²) in [5.74, 6) is -0.365. The van der Waals surface area contributed by atoms with Gasteiger partial charge in [-0.2, -0.15) is 0 Å². The fourth-order valence-electron chi connectivity index (χ4n) is 3.84. The SMILES string of the molecule is C=C(C)C(=O)OCCCCCCCCCCOc1cc2oc(=O)c(-c3ccc(OC(F)(F)F)cc3)cc2cn1. The van der Waals surface area contributed by atoms with E-state index in [1.165, 1.54) is 18.3 Å². The monoisotopic (exact) mass is 547 g/mol. The minimum Gasteiger partial charge on any atom is -0.478 e. The van der Waals surface area contributed by atoms with Crippen LogP contribution in [0.2, 0.25) is 0 Å². The third-order valence-corrected chi connectivity index (χ3v) is 5.86. The zero-order valence-corrected chi connectivity index (χ0v) is 21.9. The van der Waals surface area contributed by atoms with Crippen molar-refractivity contribution in [2.45, 2.75) is 64.7 Å². The van der Waals surface area contributed by atoms with Gasteiger partial charge in [0.05, 0.1) is 18.8 Å². The number of rotatable bonds is 15. The number of aromatic nitrogens is 1. The summed E-state index contributed by atoms with van der Waals surface area (Å²) in [6.07, 6.45) is 4.98. The molecule has 7 nitrogen and oxygen atoms in total. The summed E-state index contributed by atoms with van der Waals surface area (Å²) in [4.78, 5) is 28.1. The van der Waals surface area contributed by atoms with Crippen molar-refractivity contribution in [1.82, 2.24) is 4.98 Å². The molecule has 2 heterocycles. The molecule has 0 unspecified atom stereocenters. The van der Waals surface area contributed by atoms with Gasteiger partial charge in [-0.25, -0.2) is 14.6 Å². The second kappa shape index (κ2) is 14.4. The molecule has 0 spiro atoms. The van der Waals surface area contributed by atoms with E-state index in [2.05, 4.69) is 16.3 Å². The first kappa shape index (κ1) is 29.7. The largest absolute Gasteiger partial charge is 0.573 e. The third-order valence-electron chi connectivity index (χ3n) is 5.86. The first-order valence-corrected chi connectivity index (χ1v) is 12.9. The summed E-state index contributed by atoms with van der Waals surface area (Å²) in [5, 5.41) is 0.557. The lowest BCUT2D eigenvalue weighted by molar-refractivity contribution is -0.274. The maximum absolute atomic E-state index is 12.5. The van der Waals surface area contributed by atoms with Crippen LogP contribution in [-0.2, 0) is 9.53 Å². The molecule has 0 bridgehead atoms. The van der Waals surface area contributed by atoms with Gasteiger partial charge in [-0.1, -0.05) is 57.2 Å². The maximum atomic E-state index is 12.5. The summed E-state index contributed by atoms with van der Waals surface area (Å²) in [6, 6.07) is 8.10. The standard InChI is InChI=1S/C29H32F3NO6/c1-20(2)27(34)37-16-10-8-6-4-3-5-7-9-15-36-26-18-25-22(19-33-26)17-24(28(35)38-25)21-11-13-23(14-12-21)39-29(30,31)32/h11-14,17-19H,1,3-10,15-16H2,2H3. The second-order valence-corrected chi connectivity index (χ2v) is 9.17. The molecule has 2 aromatic heterocycles. The van der Waals surface area contributed by atoms with Gasteiger partial charge in [-0.05, 0) is 43.5 Å². The van der Waals surface area contributed by atoms with E-state index >= 15 is 0 Å². The summed E-state index contributed by atoms with van der Waals surface area (Å²) in [5.41, 5.74) is 0.689. The molecule has 0 atom stereocenters. The molecular weight excluding hydrogens is 515 g/mol. The lowest BCUT2D eigenvalue weighted by atomic mass is 10.1. The molecule has 0 saturated carbocycles. The molecule has 0 aliphatic rings. The van der Waals surface area contributed by atoms with Crippen LogP contribution in [0.4, 0.5) is 13.2 Å². The minimum atomic E-state index is -4.79. The Labute approximate surface area is 224 Å². The van der Waals surface area contributed by atoms with Gasteiger partial charge < -0.3 is 18.6 Å². The molecule has 0 aliphatic carbocycles. The van der Waals surface area contributed by atoms with Crippen LogP contribution in [-0.4, -0.2) is 30.5 Å². The molecule has 3 aromatic rings. The van der Waals surface area contributed by atoms with Crippen molar-refractivity contribution in [3.8, 4) is 22.8 Å². The number of benzene rings is 1. The van der Waals surface area contributed by atoms with Crippen molar-refractivity contribution < 1.29 is 36.6 Å². The molecule has 0 radical (unpaired) electrons. The molecule has 1 aromatic carbocycles. The molecule has 0 fully saturated rings. The average molecular weight is 548 g/mol. The van der Waals surface area contributed by atoms with Gasteiger partial charge >= 0.3 is 18.0 Å². The van der Waals surface area contributed by atoms with Gasteiger partial charge in [-0.3, -0.25) is 0 Å². The third kappa shape index (κ3) is 10.1. The van der Waals surface area contributed by atoms with Crippen LogP contribution in [0.5, 0.6) is 11.6 Å². The summed E-state index contributed by atoms with van der Waals surface area (Å²) < 4.78 is 57.1. The molecule has 210 valence electrons. The van der Waals surface area contributed by atoms with Gasteiger partial charge in [0.15, 0.2) is 0 Å². The molecule has 0 amide bonds. The van der Waals surface area contributed by atoms with Crippen LogP contribution in [0.1, 0.15) is 58.3 Å². The first-order valence-electron chi connectivity index (χ1n) is 12.9. The molecule has 39 heavy (non-hydrogen) atoms. The Morgan fingerprint density at radius 1 is 0.949 bits per heavy atom. The van der Waals surface area contributed by atoms with Crippen LogP contribution in [0.15, 0.2) is 64.0 Å². The highest BCUT2D eigenvalue weighted by molar-refractivity contribution is 5.86. The number of unbranched alkanes of at least 4 members (excludes halogenated alkanes) is 7. The quantitative estimate of drug-likeness (QED) is 0.111. The Hall–Kier alpha value is -3.82. The van der Waals surface area contributed by atoms with Crippen LogP contribution < -0.4 is 15.1 Å². The molecule has 10 heteroatoms. The van der Waals surface area contributed by atoms with Gasteiger partial charge in [0, 0.05) is 23.2 Å². The van der Waals surface area contributed by atoms with E-state index in [1.54, 1.807) is 19.1 Å². The second-order valence-electron chi connectivity index (χ2n) is 9.17. The predicted molar refractivity (Wildman–Crippen MR) is 141 cm³/mol. The predicted octanol–water partition coefficient (Wildman–Crippen LogP) is 7.37. The number of pyridine rings is 1. The zero-order valence-electron chi connectivity index (χ0n) is 21.9. The van der Waals surface area contributed by atoms with Crippen LogP contribution in [0.25, 0.3) is 22.1 Å². The number of hydrogen-bond acceptors (Lipinski definition) is 7. The van der Waals surface area contributed by atoms with E-state index < -0.39 is 12.0 Å². The number of carbonyl (C=O) groups is 1. The lowest BCUT2D eigenvalue weighted by Gasteiger charge is -2.09. The maximum Gasteiger partial charge on any atom is 0.573 e. The van der Waals surface area contributed by atoms with E-state index in [1.807, 2.05) is 0 Å². The normalized spacial score (nSPS) is 11.4. The number of nitrogens with zero attached hydrogens (tertiary/aromatic N) is 1. The van der Waals surface area contributed by atoms with Crippen molar-refractivity contribution in [2.24, 2.45) is 0 Å². The average Bonchev–Trinajstić information content (AvgIpc) is 2.88. The number of carbonyl (C=O) groups excluding carboxylic acids is 1. The highest BCUT2D eigenvalue weighted by Gasteiger charge is 2.31. The van der Waals surface area contributed by atoms with Crippen molar-refractivity contribution in [3.63, 3.8) is 0 Å². The van der Waals surface area contributed by atoms with Crippen LogP contribution in [0, 0.1) is 0 Å². The number of halogens is 3. The van der Waals surface area contributed by atoms with Gasteiger partial charge in [-0.15, -0.1) is 13.2 Å². The number of esters is 1. The van der Waals surface area contributed by atoms with Crippen LogP contribution >= 0.6 is 0 Å². The Kier molecular flexibility index (Phi) is 11.0. The van der Waals surface area contributed by atoms with Crippen molar-refractivity contribution in [1.29, 1.82) is 0 Å². The molecule has 0 saturated heterocycles. The fraction of sp³-hybridized carbons (Fsp3) is 0.414. The van der Waals surface area contributed by atoms with Crippen molar-refractivity contribution in [2.75, 3.05) is 13.2 Å². The molecule has 0 aliphatic heterocycles. The highest BCUT2D eigenvalue weighted by Crippen LogP contribution is 2.27. The minimum absolute atomic E-state index is 0.197. The van der Waals surface area contributed by atoms with E-state index in [-0.39, 0.29) is 17.3 Å². The zero-order chi connectivity index (χ0) is 28.3. The molecule has 0 N–H and O–H groups in total. The highest BCUT2D eigenvalue weighted by atomic mass is 19.4. The molecule has 3 rings (SSSR count). The Morgan fingerprint density at radius 2 is 1.56 bits per heavy atom. The van der Waals surface area contributed by atoms with Crippen LogP contribution in [0.3, 0.4) is 0 Å². The number of hydrogen-bond donors (Lipinski definition) is 0. The molecular formula is C29H32F3NO6. The van der Waals surface area contributed by atoms with Gasteiger partial charge in [0.2, 0.25) is 5.88 Å². The number of ether oxygens (including phenoxy) is 3. The van der Waals surface area contributed by atoms with Gasteiger partial charge in [0.25, 0.3) is 0 Å². The van der Waals surface area contributed by atoms with E-state index in [0.717, 1.165) is 63.5 Å². The lowest BCUT2D eigenvalue weighted by Crippen LogP contribution is -2.17. The van der Waals surface area contributed by atoms with E-state index in [9.17, 15) is 22.8 Å². The number of fused-ring (bicyclic) bond motifs is 1.